The van der Waals surface area contributed by atoms with E-state index in [0.717, 1.165) is 0 Å². The molecule has 2 amide bonds. The van der Waals surface area contributed by atoms with E-state index in [0.29, 0.717) is 30.5 Å². The summed E-state index contributed by atoms with van der Waals surface area (Å²) in [6.07, 6.45) is -3.95. The summed E-state index contributed by atoms with van der Waals surface area (Å²) in [4.78, 5) is 25.1. The van der Waals surface area contributed by atoms with Gasteiger partial charge in [-0.25, -0.2) is 0 Å². The molecule has 22 heavy (non-hydrogen) atoms. The number of likely N-dealkylation sites (tertiary alicyclic amines) is 1. The van der Waals surface area contributed by atoms with E-state index in [9.17, 15) is 22.8 Å². The summed E-state index contributed by atoms with van der Waals surface area (Å²) in [7, 11) is 0. The first kappa shape index (κ1) is 16.3. The van der Waals surface area contributed by atoms with Crippen molar-refractivity contribution in [1.82, 2.24) is 4.90 Å². The summed E-state index contributed by atoms with van der Waals surface area (Å²) in [6.45, 7) is 0.461. The lowest BCUT2D eigenvalue weighted by Gasteiger charge is -2.22. The van der Waals surface area contributed by atoms with Crippen molar-refractivity contribution in [3.05, 3.63) is 35.4 Å². The minimum atomic E-state index is -4.20. The van der Waals surface area contributed by atoms with Gasteiger partial charge >= 0.3 is 6.18 Å². The van der Waals surface area contributed by atoms with E-state index in [1.807, 2.05) is 0 Å². The molecular formula is C15H17F3N2O2. The number of aryl methyl sites for hydroxylation is 1. The number of rotatable bonds is 4. The van der Waals surface area contributed by atoms with Gasteiger partial charge in [-0.05, 0) is 37.0 Å². The van der Waals surface area contributed by atoms with Gasteiger partial charge in [0.15, 0.2) is 0 Å². The van der Waals surface area contributed by atoms with Crippen LogP contribution in [0.2, 0.25) is 0 Å². The van der Waals surface area contributed by atoms with E-state index in [1.54, 1.807) is 0 Å². The second kappa shape index (κ2) is 6.37. The summed E-state index contributed by atoms with van der Waals surface area (Å²) in [5, 5.41) is 0. The molecule has 0 saturated carbocycles. The Hall–Kier alpha value is -2.05. The highest BCUT2D eigenvalue weighted by molar-refractivity contribution is 5.97. The minimum absolute atomic E-state index is 0.119. The minimum Gasteiger partial charge on any atom is -0.368 e. The molecule has 2 rings (SSSR count). The van der Waals surface area contributed by atoms with Crippen LogP contribution in [0, 0.1) is 0 Å². The van der Waals surface area contributed by atoms with Crippen LogP contribution in [0.25, 0.3) is 0 Å². The Balaban J connectivity index is 2.03. The predicted octanol–water partition coefficient (Wildman–Crippen LogP) is 2.27. The smallest absolute Gasteiger partial charge is 0.368 e. The first-order valence-electron chi connectivity index (χ1n) is 7.04. The van der Waals surface area contributed by atoms with Gasteiger partial charge < -0.3 is 10.6 Å². The Labute approximate surface area is 126 Å². The van der Waals surface area contributed by atoms with Crippen molar-refractivity contribution < 1.29 is 22.8 Å². The molecule has 0 radical (unpaired) electrons. The van der Waals surface area contributed by atoms with Crippen LogP contribution < -0.4 is 5.73 Å². The zero-order valence-electron chi connectivity index (χ0n) is 11.9. The highest BCUT2D eigenvalue weighted by Gasteiger charge is 2.33. The molecule has 0 bridgehead atoms. The lowest BCUT2D eigenvalue weighted by Crippen LogP contribution is -2.43. The van der Waals surface area contributed by atoms with Crippen molar-refractivity contribution in [2.45, 2.75) is 37.9 Å². The Kier molecular flexibility index (Phi) is 4.73. The summed E-state index contributed by atoms with van der Waals surface area (Å²) in [6, 6.07) is 5.40. The first-order valence-corrected chi connectivity index (χ1v) is 7.04. The van der Waals surface area contributed by atoms with Gasteiger partial charge in [-0.2, -0.15) is 13.2 Å². The zero-order valence-corrected chi connectivity index (χ0v) is 11.9. The molecule has 120 valence electrons. The number of nitrogens with zero attached hydrogens (tertiary/aromatic N) is 1. The van der Waals surface area contributed by atoms with Gasteiger partial charge in [0, 0.05) is 18.5 Å². The van der Waals surface area contributed by atoms with Gasteiger partial charge in [0.25, 0.3) is 5.91 Å². The average molecular weight is 314 g/mol. The molecule has 1 fully saturated rings. The Morgan fingerprint density at radius 1 is 1.23 bits per heavy atom. The van der Waals surface area contributed by atoms with E-state index in [4.69, 9.17) is 5.73 Å². The van der Waals surface area contributed by atoms with Gasteiger partial charge in [0.1, 0.15) is 6.04 Å². The fraction of sp³-hybridized carbons (Fsp3) is 0.467. The molecule has 1 unspecified atom stereocenters. The number of alkyl halides is 3. The molecule has 4 nitrogen and oxygen atoms in total. The number of nitrogens with two attached hydrogens (primary N) is 1. The zero-order chi connectivity index (χ0) is 16.3. The molecule has 1 saturated heterocycles. The molecule has 7 heteroatoms. The lowest BCUT2D eigenvalue weighted by molar-refractivity contribution is -0.134. The van der Waals surface area contributed by atoms with Crippen LogP contribution in [0.15, 0.2) is 24.3 Å². The molecule has 1 aromatic rings. The number of hydrogen-bond acceptors (Lipinski definition) is 2. The summed E-state index contributed by atoms with van der Waals surface area (Å²) < 4.78 is 36.5. The normalized spacial score (nSPS) is 18.5. The van der Waals surface area contributed by atoms with Gasteiger partial charge in [-0.1, -0.05) is 12.1 Å². The van der Waals surface area contributed by atoms with Crippen molar-refractivity contribution in [2.24, 2.45) is 5.73 Å². The summed E-state index contributed by atoms with van der Waals surface area (Å²) in [5.41, 5.74) is 6.14. The number of amides is 2. The highest BCUT2D eigenvalue weighted by Crippen LogP contribution is 2.23. The number of carbonyl (C=O) groups is 2. The van der Waals surface area contributed by atoms with Gasteiger partial charge in [0.05, 0.1) is 0 Å². The van der Waals surface area contributed by atoms with E-state index >= 15 is 0 Å². The number of carbonyl (C=O) groups excluding carboxylic acids is 2. The number of hydrogen-bond donors (Lipinski definition) is 1. The fourth-order valence-corrected chi connectivity index (χ4v) is 2.57. The first-order chi connectivity index (χ1) is 10.3. The molecule has 1 atom stereocenters. The van der Waals surface area contributed by atoms with Crippen LogP contribution in [0.1, 0.15) is 35.2 Å². The quantitative estimate of drug-likeness (QED) is 0.926. The predicted molar refractivity (Wildman–Crippen MR) is 74.1 cm³/mol. The van der Waals surface area contributed by atoms with E-state index < -0.39 is 24.5 Å². The maximum absolute atomic E-state index is 12.3. The third kappa shape index (κ3) is 3.99. The molecule has 1 heterocycles. The van der Waals surface area contributed by atoms with Gasteiger partial charge in [-0.15, -0.1) is 0 Å². The molecule has 1 aliphatic heterocycles. The Morgan fingerprint density at radius 3 is 2.41 bits per heavy atom. The van der Waals surface area contributed by atoms with Crippen LogP contribution in [0.5, 0.6) is 0 Å². The third-order valence-electron chi connectivity index (χ3n) is 3.74. The van der Waals surface area contributed by atoms with Crippen molar-refractivity contribution in [3.63, 3.8) is 0 Å². The monoisotopic (exact) mass is 314 g/mol. The molecule has 0 aromatic heterocycles. The molecule has 1 aromatic carbocycles. The van der Waals surface area contributed by atoms with Crippen molar-refractivity contribution in [3.8, 4) is 0 Å². The van der Waals surface area contributed by atoms with E-state index in [-0.39, 0.29) is 12.3 Å². The standard InChI is InChI=1S/C15H17F3N2O2/c16-15(17,18)8-7-10-3-5-11(6-4-10)14(22)20-9-1-2-12(20)13(19)21/h3-6,12H,1-2,7-9H2,(H2,19,21). The summed E-state index contributed by atoms with van der Waals surface area (Å²) >= 11 is 0. The molecule has 1 aliphatic rings. The lowest BCUT2D eigenvalue weighted by atomic mass is 10.1. The maximum Gasteiger partial charge on any atom is 0.389 e. The summed E-state index contributed by atoms with van der Waals surface area (Å²) in [5.74, 6) is -0.851. The third-order valence-corrected chi connectivity index (χ3v) is 3.74. The van der Waals surface area contributed by atoms with Crippen molar-refractivity contribution in [2.75, 3.05) is 6.54 Å². The van der Waals surface area contributed by atoms with E-state index in [1.165, 1.54) is 29.2 Å². The molecule has 0 spiro atoms. The second-order valence-corrected chi connectivity index (χ2v) is 5.37. The van der Waals surface area contributed by atoms with Gasteiger partial charge in [-0.3, -0.25) is 9.59 Å². The number of benzene rings is 1. The van der Waals surface area contributed by atoms with Crippen molar-refractivity contribution >= 4 is 11.8 Å². The number of halogens is 3. The van der Waals surface area contributed by atoms with Crippen LogP contribution in [0.3, 0.4) is 0 Å². The molecule has 2 N–H and O–H groups in total. The molecule has 0 aliphatic carbocycles. The Bertz CT molecular complexity index is 555. The topological polar surface area (TPSA) is 63.4 Å². The highest BCUT2D eigenvalue weighted by atomic mass is 19.4. The van der Waals surface area contributed by atoms with Gasteiger partial charge in [0.2, 0.25) is 5.91 Å². The van der Waals surface area contributed by atoms with E-state index in [2.05, 4.69) is 0 Å². The van der Waals surface area contributed by atoms with Crippen LogP contribution >= 0.6 is 0 Å². The second-order valence-electron chi connectivity index (χ2n) is 5.37. The average Bonchev–Trinajstić information content (AvgIpc) is 2.94. The fourth-order valence-electron chi connectivity index (χ4n) is 2.57. The molecular weight excluding hydrogens is 297 g/mol. The number of primary amides is 1. The van der Waals surface area contributed by atoms with Crippen LogP contribution in [-0.2, 0) is 11.2 Å². The van der Waals surface area contributed by atoms with Crippen molar-refractivity contribution in [1.29, 1.82) is 0 Å². The van der Waals surface area contributed by atoms with Crippen LogP contribution in [-0.4, -0.2) is 35.5 Å². The largest absolute Gasteiger partial charge is 0.389 e. The maximum atomic E-state index is 12.3. The SMILES string of the molecule is NC(=O)C1CCCN1C(=O)c1ccc(CCC(F)(F)F)cc1. The Morgan fingerprint density at radius 2 is 1.86 bits per heavy atom. The van der Waals surface area contributed by atoms with Crippen LogP contribution in [0.4, 0.5) is 13.2 Å².